The van der Waals surface area contributed by atoms with Crippen LogP contribution in [0, 0.1) is 5.92 Å². The third-order valence-electron chi connectivity index (χ3n) is 3.10. The smallest absolute Gasteiger partial charge is 0.326 e. The van der Waals surface area contributed by atoms with E-state index in [-0.39, 0.29) is 11.8 Å². The molecule has 0 aliphatic heterocycles. The monoisotopic (exact) mass is 269 g/mol. The Morgan fingerprint density at radius 3 is 2.61 bits per heavy atom. The van der Waals surface area contributed by atoms with Gasteiger partial charge in [-0.3, -0.25) is 4.79 Å². The van der Waals surface area contributed by atoms with Gasteiger partial charge in [0, 0.05) is 0 Å². The number of thiophene rings is 1. The third-order valence-corrected chi connectivity index (χ3v) is 4.05. The van der Waals surface area contributed by atoms with Crippen molar-refractivity contribution in [2.45, 2.75) is 39.7 Å². The van der Waals surface area contributed by atoms with Crippen molar-refractivity contribution in [3.8, 4) is 0 Å². The van der Waals surface area contributed by atoms with Crippen molar-refractivity contribution < 1.29 is 14.7 Å². The number of carboxylic acids is 1. The lowest BCUT2D eigenvalue weighted by Gasteiger charge is -2.20. The second-order valence-electron chi connectivity index (χ2n) is 4.30. The summed E-state index contributed by atoms with van der Waals surface area (Å²) < 4.78 is 0. The Bertz CT molecular complexity index is 428. The van der Waals surface area contributed by atoms with Gasteiger partial charge >= 0.3 is 5.97 Å². The maximum atomic E-state index is 12.1. The zero-order chi connectivity index (χ0) is 13.7. The highest BCUT2D eigenvalue weighted by Gasteiger charge is 2.26. The molecule has 1 aromatic heterocycles. The molecular weight excluding hydrogens is 250 g/mol. The zero-order valence-corrected chi connectivity index (χ0v) is 11.7. The van der Waals surface area contributed by atoms with Crippen LogP contribution < -0.4 is 5.32 Å². The second-order valence-corrected chi connectivity index (χ2v) is 5.22. The summed E-state index contributed by atoms with van der Waals surface area (Å²) in [6.07, 6.45) is 1.48. The number of aryl methyl sites for hydroxylation is 1. The van der Waals surface area contributed by atoms with Gasteiger partial charge in [-0.05, 0) is 29.3 Å². The van der Waals surface area contributed by atoms with Gasteiger partial charge < -0.3 is 10.4 Å². The first kappa shape index (κ1) is 14.7. The van der Waals surface area contributed by atoms with Gasteiger partial charge in [-0.15, -0.1) is 11.3 Å². The van der Waals surface area contributed by atoms with Crippen LogP contribution in [0.2, 0.25) is 0 Å². The predicted octanol–water partition coefficient (Wildman–Crippen LogP) is 2.54. The van der Waals surface area contributed by atoms with E-state index in [0.29, 0.717) is 11.3 Å². The normalized spacial score (nSPS) is 13.9. The standard InChI is InChI=1S/C13H19NO3S/c1-4-8(3)10(13(16)17)14-12(15)11-9(5-2)6-7-18-11/h6-8,10H,4-5H2,1-3H3,(H,14,15)(H,16,17). The van der Waals surface area contributed by atoms with Crippen molar-refractivity contribution >= 4 is 23.2 Å². The lowest BCUT2D eigenvalue weighted by atomic mass is 9.99. The number of nitrogens with one attached hydrogen (secondary N) is 1. The van der Waals surface area contributed by atoms with Gasteiger partial charge in [0.15, 0.2) is 0 Å². The molecule has 0 aliphatic carbocycles. The van der Waals surface area contributed by atoms with Crippen LogP contribution in [-0.2, 0) is 11.2 Å². The minimum absolute atomic E-state index is 0.0866. The van der Waals surface area contributed by atoms with Crippen molar-refractivity contribution in [2.24, 2.45) is 5.92 Å². The summed E-state index contributed by atoms with van der Waals surface area (Å²) in [7, 11) is 0. The molecule has 4 nitrogen and oxygen atoms in total. The Balaban J connectivity index is 2.82. The van der Waals surface area contributed by atoms with Gasteiger partial charge in [0.05, 0.1) is 4.88 Å². The summed E-state index contributed by atoms with van der Waals surface area (Å²) in [4.78, 5) is 23.8. The SMILES string of the molecule is CCc1ccsc1C(=O)NC(C(=O)O)C(C)CC. The highest BCUT2D eigenvalue weighted by atomic mass is 32.1. The topological polar surface area (TPSA) is 66.4 Å². The van der Waals surface area contributed by atoms with Gasteiger partial charge in [0.25, 0.3) is 5.91 Å². The van der Waals surface area contributed by atoms with Crippen LogP contribution in [0.5, 0.6) is 0 Å². The molecule has 100 valence electrons. The van der Waals surface area contributed by atoms with Gasteiger partial charge in [-0.2, -0.15) is 0 Å². The fraction of sp³-hybridized carbons (Fsp3) is 0.538. The van der Waals surface area contributed by atoms with E-state index in [2.05, 4.69) is 5.32 Å². The van der Waals surface area contributed by atoms with Crippen LogP contribution in [0.15, 0.2) is 11.4 Å². The van der Waals surface area contributed by atoms with Gasteiger partial charge in [-0.1, -0.05) is 27.2 Å². The Morgan fingerprint density at radius 1 is 1.44 bits per heavy atom. The van der Waals surface area contributed by atoms with E-state index in [1.165, 1.54) is 11.3 Å². The number of hydrogen-bond donors (Lipinski definition) is 2. The maximum Gasteiger partial charge on any atom is 0.326 e. The summed E-state index contributed by atoms with van der Waals surface area (Å²) in [6, 6.07) is 1.08. The minimum atomic E-state index is -0.979. The molecule has 2 N–H and O–H groups in total. The number of aliphatic carboxylic acids is 1. The molecule has 1 amide bonds. The van der Waals surface area contributed by atoms with Crippen LogP contribution in [-0.4, -0.2) is 23.0 Å². The molecular formula is C13H19NO3S. The Hall–Kier alpha value is -1.36. The molecule has 1 heterocycles. The Labute approximate surface area is 111 Å². The van der Waals surface area contributed by atoms with Crippen LogP contribution in [0.25, 0.3) is 0 Å². The number of rotatable bonds is 6. The molecule has 0 fully saturated rings. The number of carbonyl (C=O) groups excluding carboxylic acids is 1. The average molecular weight is 269 g/mol. The number of amides is 1. The summed E-state index contributed by atoms with van der Waals surface area (Å²) in [5.41, 5.74) is 0.964. The average Bonchev–Trinajstić information content (AvgIpc) is 2.82. The molecule has 0 aromatic carbocycles. The van der Waals surface area contributed by atoms with Crippen LogP contribution >= 0.6 is 11.3 Å². The lowest BCUT2D eigenvalue weighted by molar-refractivity contribution is -0.140. The van der Waals surface area contributed by atoms with E-state index in [0.717, 1.165) is 12.0 Å². The zero-order valence-electron chi connectivity index (χ0n) is 10.9. The maximum absolute atomic E-state index is 12.1. The van der Waals surface area contributed by atoms with Gasteiger partial charge in [0.2, 0.25) is 0 Å². The molecule has 18 heavy (non-hydrogen) atoms. The molecule has 2 unspecified atom stereocenters. The fourth-order valence-corrected chi connectivity index (χ4v) is 2.60. The van der Waals surface area contributed by atoms with E-state index in [4.69, 9.17) is 5.11 Å². The molecule has 0 radical (unpaired) electrons. The third kappa shape index (κ3) is 3.32. The van der Waals surface area contributed by atoms with Crippen molar-refractivity contribution in [1.29, 1.82) is 0 Å². The van der Waals surface area contributed by atoms with Crippen molar-refractivity contribution in [2.75, 3.05) is 0 Å². The van der Waals surface area contributed by atoms with Gasteiger partial charge in [-0.25, -0.2) is 4.79 Å². The van der Waals surface area contributed by atoms with E-state index in [1.807, 2.05) is 32.2 Å². The van der Waals surface area contributed by atoms with Crippen LogP contribution in [0.4, 0.5) is 0 Å². The van der Waals surface area contributed by atoms with E-state index in [1.54, 1.807) is 0 Å². The first-order valence-corrected chi connectivity index (χ1v) is 6.99. The Kier molecular flexibility index (Phi) is 5.34. The van der Waals surface area contributed by atoms with Crippen molar-refractivity contribution in [3.63, 3.8) is 0 Å². The quantitative estimate of drug-likeness (QED) is 0.834. The minimum Gasteiger partial charge on any atom is -0.480 e. The summed E-state index contributed by atoms with van der Waals surface area (Å²) in [6.45, 7) is 5.71. The highest BCUT2D eigenvalue weighted by Crippen LogP contribution is 2.18. The molecule has 1 aromatic rings. The largest absolute Gasteiger partial charge is 0.480 e. The first-order chi connectivity index (χ1) is 8.51. The number of carboxylic acid groups (broad SMARTS) is 1. The second kappa shape index (κ2) is 6.54. The fourth-order valence-electron chi connectivity index (χ4n) is 1.70. The number of carbonyl (C=O) groups is 2. The molecule has 0 bridgehead atoms. The highest BCUT2D eigenvalue weighted by molar-refractivity contribution is 7.12. The molecule has 0 saturated heterocycles. The summed E-state index contributed by atoms with van der Waals surface area (Å²) in [5, 5.41) is 13.6. The van der Waals surface area contributed by atoms with Crippen molar-refractivity contribution in [3.05, 3.63) is 21.9 Å². The molecule has 0 spiro atoms. The van der Waals surface area contributed by atoms with Crippen LogP contribution in [0.1, 0.15) is 42.4 Å². The first-order valence-electron chi connectivity index (χ1n) is 6.11. The van der Waals surface area contributed by atoms with E-state index >= 15 is 0 Å². The molecule has 0 saturated carbocycles. The Morgan fingerprint density at radius 2 is 2.11 bits per heavy atom. The molecule has 2 atom stereocenters. The molecule has 5 heteroatoms. The number of hydrogen-bond acceptors (Lipinski definition) is 3. The van der Waals surface area contributed by atoms with E-state index in [9.17, 15) is 9.59 Å². The van der Waals surface area contributed by atoms with Crippen LogP contribution in [0.3, 0.4) is 0 Å². The predicted molar refractivity (Wildman–Crippen MR) is 72.0 cm³/mol. The summed E-state index contributed by atoms with van der Waals surface area (Å²) in [5.74, 6) is -1.35. The summed E-state index contributed by atoms with van der Waals surface area (Å²) >= 11 is 1.35. The molecule has 0 aliphatic rings. The van der Waals surface area contributed by atoms with Crippen molar-refractivity contribution in [1.82, 2.24) is 5.32 Å². The van der Waals surface area contributed by atoms with Gasteiger partial charge in [0.1, 0.15) is 6.04 Å². The van der Waals surface area contributed by atoms with E-state index < -0.39 is 12.0 Å². The molecule has 1 rings (SSSR count). The lowest BCUT2D eigenvalue weighted by Crippen LogP contribution is -2.45.